The highest BCUT2D eigenvalue weighted by molar-refractivity contribution is 6.35. The van der Waals surface area contributed by atoms with Gasteiger partial charge < -0.3 is 19.1 Å². The maximum absolute atomic E-state index is 15.4. The second-order valence-electron chi connectivity index (χ2n) is 11.1. The number of rotatable bonds is 10. The molecule has 0 bridgehead atoms. The van der Waals surface area contributed by atoms with Crippen LogP contribution in [0.25, 0.3) is 11.0 Å². The Morgan fingerprint density at radius 3 is 2.57 bits per heavy atom. The summed E-state index contributed by atoms with van der Waals surface area (Å²) in [6, 6.07) is 15.5. The number of piperidine rings is 1. The third-order valence-corrected chi connectivity index (χ3v) is 8.80. The normalized spacial score (nSPS) is 17.8. The molecule has 1 atom stereocenters. The molecule has 1 N–H and O–H groups in total. The molecule has 3 aromatic carbocycles. The lowest BCUT2D eigenvalue weighted by atomic mass is 9.89. The molecule has 0 spiro atoms. The second-order valence-corrected chi connectivity index (χ2v) is 11.9. The van der Waals surface area contributed by atoms with Gasteiger partial charge >= 0.3 is 5.97 Å². The lowest BCUT2D eigenvalue weighted by Gasteiger charge is -2.32. The van der Waals surface area contributed by atoms with Crippen molar-refractivity contribution in [3.05, 3.63) is 93.0 Å². The summed E-state index contributed by atoms with van der Waals surface area (Å²) in [6.45, 7) is 3.94. The van der Waals surface area contributed by atoms with Gasteiger partial charge in [-0.2, -0.15) is 0 Å². The standard InChI is InChI=1S/C32H32Cl2FN3O4/c33-24-5-7-29(26(34)16-24)42-19-23-3-1-2-21(31(23)35)14-20-8-11-37(12-9-20)18-30-36-27-6-4-22(32(39)40)15-28(27)38(30)17-25-10-13-41-25/h1-7,15-16,20,25H,8-14,17-19H2,(H,39,40)/t25-/m0/s1. The van der Waals surface area contributed by atoms with Crippen LogP contribution >= 0.6 is 23.2 Å². The zero-order valence-corrected chi connectivity index (χ0v) is 24.6. The summed E-state index contributed by atoms with van der Waals surface area (Å²) in [6.07, 6.45) is 3.69. The number of ether oxygens (including phenoxy) is 2. The van der Waals surface area contributed by atoms with E-state index in [4.69, 9.17) is 37.7 Å². The molecule has 2 saturated heterocycles. The summed E-state index contributed by atoms with van der Waals surface area (Å²) in [5.74, 6) is 0.583. The molecular weight excluding hydrogens is 580 g/mol. The number of carboxylic acid groups (broad SMARTS) is 1. The third kappa shape index (κ3) is 6.42. The van der Waals surface area contributed by atoms with Crippen LogP contribution in [0.5, 0.6) is 5.75 Å². The van der Waals surface area contributed by atoms with Crippen molar-refractivity contribution in [2.24, 2.45) is 5.92 Å². The predicted molar refractivity (Wildman–Crippen MR) is 160 cm³/mol. The first-order valence-electron chi connectivity index (χ1n) is 14.2. The molecule has 4 aromatic rings. The molecule has 42 heavy (non-hydrogen) atoms. The molecule has 0 radical (unpaired) electrons. The Hall–Kier alpha value is -3.17. The van der Waals surface area contributed by atoms with E-state index in [1.54, 1.807) is 42.5 Å². The van der Waals surface area contributed by atoms with Crippen molar-refractivity contribution < 1.29 is 23.8 Å². The number of carbonyl (C=O) groups is 1. The number of nitrogens with zero attached hydrogens (tertiary/aromatic N) is 3. The number of hydrogen-bond donors (Lipinski definition) is 1. The van der Waals surface area contributed by atoms with Crippen molar-refractivity contribution in [2.75, 3.05) is 19.7 Å². The van der Waals surface area contributed by atoms with Crippen LogP contribution < -0.4 is 4.74 Å². The average Bonchev–Trinajstić information content (AvgIpc) is 3.28. The van der Waals surface area contributed by atoms with Crippen LogP contribution in [0.15, 0.2) is 54.6 Å². The Kier molecular flexibility index (Phi) is 8.67. The summed E-state index contributed by atoms with van der Waals surface area (Å²) in [5.41, 5.74) is 3.07. The number of aromatic nitrogens is 2. The number of hydrogen-bond acceptors (Lipinski definition) is 5. The summed E-state index contributed by atoms with van der Waals surface area (Å²) >= 11 is 12.2. The van der Waals surface area contributed by atoms with E-state index in [2.05, 4.69) is 9.47 Å². The smallest absolute Gasteiger partial charge is 0.335 e. The van der Waals surface area contributed by atoms with Crippen LogP contribution in [0, 0.1) is 11.7 Å². The molecule has 0 saturated carbocycles. The zero-order valence-electron chi connectivity index (χ0n) is 23.1. The number of fused-ring (bicyclic) bond motifs is 1. The van der Waals surface area contributed by atoms with Crippen molar-refractivity contribution in [3.63, 3.8) is 0 Å². The fourth-order valence-electron chi connectivity index (χ4n) is 5.77. The molecule has 3 heterocycles. The summed E-state index contributed by atoms with van der Waals surface area (Å²) in [7, 11) is 0. The minimum atomic E-state index is -0.950. The Labute approximate surface area is 253 Å². The first-order chi connectivity index (χ1) is 20.3. The highest BCUT2D eigenvalue weighted by atomic mass is 35.5. The second kappa shape index (κ2) is 12.6. The Bertz CT molecular complexity index is 1600. The Morgan fingerprint density at radius 2 is 1.86 bits per heavy atom. The number of aromatic carboxylic acids is 1. The summed E-state index contributed by atoms with van der Waals surface area (Å²) in [5, 5.41) is 10.4. The molecule has 10 heteroatoms. The number of carboxylic acids is 1. The van der Waals surface area contributed by atoms with Crippen LogP contribution in [0.4, 0.5) is 4.39 Å². The minimum Gasteiger partial charge on any atom is -0.487 e. The number of imidazole rings is 1. The molecule has 2 aliphatic heterocycles. The van der Waals surface area contributed by atoms with Gasteiger partial charge in [-0.25, -0.2) is 14.2 Å². The molecule has 1 aromatic heterocycles. The molecule has 6 rings (SSSR count). The van der Waals surface area contributed by atoms with Crippen molar-refractivity contribution in [1.29, 1.82) is 0 Å². The fourth-order valence-corrected chi connectivity index (χ4v) is 6.23. The van der Waals surface area contributed by atoms with E-state index in [1.807, 2.05) is 12.1 Å². The van der Waals surface area contributed by atoms with Crippen molar-refractivity contribution in [3.8, 4) is 5.75 Å². The van der Waals surface area contributed by atoms with Gasteiger partial charge in [-0.3, -0.25) is 4.90 Å². The molecule has 0 amide bonds. The first kappa shape index (κ1) is 28.9. The van der Waals surface area contributed by atoms with Gasteiger partial charge in [0.15, 0.2) is 0 Å². The third-order valence-electron chi connectivity index (χ3n) is 8.27. The molecule has 2 aliphatic rings. The van der Waals surface area contributed by atoms with Gasteiger partial charge in [0.25, 0.3) is 0 Å². The molecular formula is C32H32Cl2FN3O4. The number of halogens is 3. The Balaban J connectivity index is 1.08. The number of likely N-dealkylation sites (tertiary alicyclic amines) is 1. The first-order valence-corrected chi connectivity index (χ1v) is 15.0. The van der Waals surface area contributed by atoms with Crippen molar-refractivity contribution >= 4 is 40.2 Å². The van der Waals surface area contributed by atoms with Crippen molar-refractivity contribution in [1.82, 2.24) is 14.5 Å². The van der Waals surface area contributed by atoms with Crippen LogP contribution in [0.2, 0.25) is 10.0 Å². The highest BCUT2D eigenvalue weighted by Gasteiger charge is 2.26. The quantitative estimate of drug-likeness (QED) is 0.208. The summed E-state index contributed by atoms with van der Waals surface area (Å²) < 4.78 is 29.0. The average molecular weight is 613 g/mol. The Morgan fingerprint density at radius 1 is 1.07 bits per heavy atom. The van der Waals surface area contributed by atoms with Gasteiger partial charge in [0.05, 0.1) is 40.8 Å². The van der Waals surface area contributed by atoms with Gasteiger partial charge in [-0.1, -0.05) is 41.4 Å². The van der Waals surface area contributed by atoms with Crippen LogP contribution in [-0.2, 0) is 30.9 Å². The molecule has 7 nitrogen and oxygen atoms in total. The number of benzene rings is 3. The molecule has 0 unspecified atom stereocenters. The topological polar surface area (TPSA) is 76.8 Å². The monoisotopic (exact) mass is 611 g/mol. The van der Waals surface area contributed by atoms with Crippen LogP contribution in [-0.4, -0.2) is 51.3 Å². The summed E-state index contributed by atoms with van der Waals surface area (Å²) in [4.78, 5) is 18.8. The van der Waals surface area contributed by atoms with Crippen molar-refractivity contribution in [2.45, 2.75) is 51.5 Å². The van der Waals surface area contributed by atoms with E-state index >= 15 is 4.39 Å². The van der Waals surface area contributed by atoms with E-state index in [0.717, 1.165) is 55.8 Å². The maximum atomic E-state index is 15.4. The zero-order chi connectivity index (χ0) is 29.2. The van der Waals surface area contributed by atoms with E-state index < -0.39 is 5.97 Å². The van der Waals surface area contributed by atoms with E-state index in [-0.39, 0.29) is 24.1 Å². The maximum Gasteiger partial charge on any atom is 0.335 e. The lowest BCUT2D eigenvalue weighted by molar-refractivity contribution is -0.0592. The van der Waals surface area contributed by atoms with Gasteiger partial charge in [0, 0.05) is 17.2 Å². The highest BCUT2D eigenvalue weighted by Crippen LogP contribution is 2.30. The van der Waals surface area contributed by atoms with E-state index in [1.165, 1.54) is 0 Å². The van der Waals surface area contributed by atoms with E-state index in [9.17, 15) is 9.90 Å². The van der Waals surface area contributed by atoms with E-state index in [0.29, 0.717) is 52.3 Å². The van der Waals surface area contributed by atoms with Gasteiger partial charge in [0.2, 0.25) is 0 Å². The van der Waals surface area contributed by atoms with Gasteiger partial charge in [-0.15, -0.1) is 0 Å². The van der Waals surface area contributed by atoms with Gasteiger partial charge in [0.1, 0.15) is 24.0 Å². The van der Waals surface area contributed by atoms with Crippen LogP contribution in [0.3, 0.4) is 0 Å². The van der Waals surface area contributed by atoms with Crippen LogP contribution in [0.1, 0.15) is 46.6 Å². The predicted octanol–water partition coefficient (Wildman–Crippen LogP) is 7.00. The lowest BCUT2D eigenvalue weighted by Crippen LogP contribution is -2.36. The molecule has 220 valence electrons. The molecule has 0 aliphatic carbocycles. The molecule has 2 fully saturated rings. The SMILES string of the molecule is O=C(O)c1ccc2nc(CN3CCC(Cc4cccc(COc5ccc(Cl)cc5Cl)c4F)CC3)n(C[C@@H]3CCO3)c2c1. The minimum absolute atomic E-state index is 0.0837. The largest absolute Gasteiger partial charge is 0.487 e. The van der Waals surface area contributed by atoms with Gasteiger partial charge in [-0.05, 0) is 86.7 Å². The fraction of sp³-hybridized carbons (Fsp3) is 0.375.